The van der Waals surface area contributed by atoms with Crippen molar-refractivity contribution in [1.29, 1.82) is 0 Å². The number of halogens is 1. The predicted octanol–water partition coefficient (Wildman–Crippen LogP) is 2.63. The first-order valence-corrected chi connectivity index (χ1v) is 7.19. The van der Waals surface area contributed by atoms with Gasteiger partial charge in [0.1, 0.15) is 12.4 Å². The number of anilines is 2. The Hall–Kier alpha value is -2.05. The van der Waals surface area contributed by atoms with Crippen molar-refractivity contribution in [3.63, 3.8) is 0 Å². The molecule has 2 aromatic carbocycles. The molecule has 0 saturated heterocycles. The number of carbonyl (C=O) groups is 1. The summed E-state index contributed by atoms with van der Waals surface area (Å²) in [4.78, 5) is 11.1. The monoisotopic (exact) mass is 349 g/mol. The Morgan fingerprint density at radius 2 is 2.05 bits per heavy atom. The molecule has 0 bridgehead atoms. The lowest BCUT2D eigenvalue weighted by Crippen LogP contribution is -2.11. The molecule has 5 nitrogen and oxygen atoms in total. The smallest absolute Gasteiger partial charge is 0.248 e. The van der Waals surface area contributed by atoms with Crippen LogP contribution in [0.1, 0.15) is 10.4 Å². The average molecular weight is 350 g/mol. The Morgan fingerprint density at radius 3 is 2.71 bits per heavy atom. The van der Waals surface area contributed by atoms with E-state index >= 15 is 0 Å². The van der Waals surface area contributed by atoms with Crippen LogP contribution in [0, 0.1) is 0 Å². The van der Waals surface area contributed by atoms with E-state index in [4.69, 9.17) is 16.2 Å². The first-order chi connectivity index (χ1) is 10.1. The Balaban J connectivity index is 2.16. The van der Waals surface area contributed by atoms with Gasteiger partial charge in [-0.25, -0.2) is 0 Å². The minimum Gasteiger partial charge on any atom is -0.492 e. The largest absolute Gasteiger partial charge is 0.492 e. The molecule has 0 saturated carbocycles. The molecule has 110 valence electrons. The standard InChI is InChI=1S/C15H16BrN3O2/c16-13-8-10(15(18)20)4-5-14(13)19-11-2-1-3-12(9-11)21-7-6-17/h1-5,8-9,19H,6-7,17H2,(H2,18,20). The molecule has 0 radical (unpaired) electrons. The van der Waals surface area contributed by atoms with Crippen LogP contribution in [0.3, 0.4) is 0 Å². The van der Waals surface area contributed by atoms with E-state index in [-0.39, 0.29) is 0 Å². The minimum absolute atomic E-state index is 0.451. The van der Waals surface area contributed by atoms with E-state index in [1.165, 1.54) is 0 Å². The van der Waals surface area contributed by atoms with Gasteiger partial charge in [-0.05, 0) is 46.3 Å². The van der Waals surface area contributed by atoms with Crippen molar-refractivity contribution in [2.24, 2.45) is 11.5 Å². The number of nitrogens with two attached hydrogens (primary N) is 2. The van der Waals surface area contributed by atoms with E-state index in [2.05, 4.69) is 21.2 Å². The molecule has 2 aromatic rings. The summed E-state index contributed by atoms with van der Waals surface area (Å²) in [5, 5.41) is 3.24. The number of benzene rings is 2. The number of ether oxygens (including phenoxy) is 1. The van der Waals surface area contributed by atoms with Crippen LogP contribution < -0.4 is 21.5 Å². The summed E-state index contributed by atoms with van der Waals surface area (Å²) in [6.07, 6.45) is 0. The molecule has 1 amide bonds. The normalized spacial score (nSPS) is 10.2. The van der Waals surface area contributed by atoms with Crippen LogP contribution in [0.2, 0.25) is 0 Å². The lowest BCUT2D eigenvalue weighted by molar-refractivity contribution is 0.100. The molecule has 5 N–H and O–H groups in total. The molecule has 21 heavy (non-hydrogen) atoms. The van der Waals surface area contributed by atoms with E-state index in [0.717, 1.165) is 21.6 Å². The van der Waals surface area contributed by atoms with Gasteiger partial charge < -0.3 is 21.5 Å². The van der Waals surface area contributed by atoms with Crippen molar-refractivity contribution in [3.8, 4) is 5.75 Å². The topological polar surface area (TPSA) is 90.4 Å². The van der Waals surface area contributed by atoms with Crippen molar-refractivity contribution in [1.82, 2.24) is 0 Å². The first-order valence-electron chi connectivity index (χ1n) is 6.39. The summed E-state index contributed by atoms with van der Waals surface area (Å²) >= 11 is 3.42. The third-order valence-electron chi connectivity index (χ3n) is 2.75. The van der Waals surface area contributed by atoms with Crippen molar-refractivity contribution in [3.05, 3.63) is 52.5 Å². The molecule has 0 spiro atoms. The average Bonchev–Trinajstić information content (AvgIpc) is 2.47. The summed E-state index contributed by atoms with van der Waals surface area (Å²) in [5.74, 6) is 0.287. The van der Waals surface area contributed by atoms with Gasteiger partial charge in [0.05, 0.1) is 5.69 Å². The van der Waals surface area contributed by atoms with Crippen LogP contribution >= 0.6 is 15.9 Å². The van der Waals surface area contributed by atoms with Gasteiger partial charge in [-0.3, -0.25) is 4.79 Å². The predicted molar refractivity (Wildman–Crippen MR) is 86.9 cm³/mol. The number of amides is 1. The number of hydrogen-bond donors (Lipinski definition) is 3. The number of primary amides is 1. The number of hydrogen-bond acceptors (Lipinski definition) is 4. The molecule has 2 rings (SSSR count). The second-order valence-corrected chi connectivity index (χ2v) is 5.20. The lowest BCUT2D eigenvalue weighted by atomic mass is 10.2. The van der Waals surface area contributed by atoms with Gasteiger partial charge in [-0.2, -0.15) is 0 Å². The third-order valence-corrected chi connectivity index (χ3v) is 3.41. The molecule has 0 aliphatic rings. The van der Waals surface area contributed by atoms with E-state index in [1.807, 2.05) is 24.3 Å². The highest BCUT2D eigenvalue weighted by molar-refractivity contribution is 9.10. The zero-order valence-corrected chi connectivity index (χ0v) is 12.9. The Morgan fingerprint density at radius 1 is 1.24 bits per heavy atom. The fourth-order valence-electron chi connectivity index (χ4n) is 1.77. The fourth-order valence-corrected chi connectivity index (χ4v) is 2.24. The first kappa shape index (κ1) is 15.3. The van der Waals surface area contributed by atoms with Crippen LogP contribution in [0.4, 0.5) is 11.4 Å². The van der Waals surface area contributed by atoms with Crippen molar-refractivity contribution < 1.29 is 9.53 Å². The Labute approximate surface area is 131 Å². The minimum atomic E-state index is -0.459. The van der Waals surface area contributed by atoms with E-state index in [1.54, 1.807) is 18.2 Å². The molecule has 0 unspecified atom stereocenters. The Bertz CT molecular complexity index is 647. The molecule has 0 atom stereocenters. The van der Waals surface area contributed by atoms with Crippen molar-refractivity contribution >= 4 is 33.2 Å². The van der Waals surface area contributed by atoms with Gasteiger partial charge in [0.15, 0.2) is 0 Å². The second-order valence-electron chi connectivity index (χ2n) is 4.35. The highest BCUT2D eigenvalue weighted by atomic mass is 79.9. The zero-order chi connectivity index (χ0) is 15.2. The van der Waals surface area contributed by atoms with Crippen LogP contribution in [-0.4, -0.2) is 19.1 Å². The summed E-state index contributed by atoms with van der Waals surface area (Å²) < 4.78 is 6.23. The number of carbonyl (C=O) groups excluding carboxylic acids is 1. The van der Waals surface area contributed by atoms with Crippen LogP contribution in [-0.2, 0) is 0 Å². The van der Waals surface area contributed by atoms with Gasteiger partial charge in [0.2, 0.25) is 5.91 Å². The van der Waals surface area contributed by atoms with Gasteiger partial charge in [-0.1, -0.05) is 6.07 Å². The maximum absolute atomic E-state index is 11.1. The van der Waals surface area contributed by atoms with Crippen LogP contribution in [0.5, 0.6) is 5.75 Å². The molecule has 0 aliphatic carbocycles. The summed E-state index contributed by atoms with van der Waals surface area (Å²) in [6.45, 7) is 0.943. The molecular weight excluding hydrogens is 334 g/mol. The van der Waals surface area contributed by atoms with E-state index in [0.29, 0.717) is 18.7 Å². The summed E-state index contributed by atoms with van der Waals surface area (Å²) in [5.41, 5.74) is 12.8. The lowest BCUT2D eigenvalue weighted by Gasteiger charge is -2.11. The quantitative estimate of drug-likeness (QED) is 0.747. The zero-order valence-electron chi connectivity index (χ0n) is 11.3. The number of nitrogens with one attached hydrogen (secondary N) is 1. The maximum Gasteiger partial charge on any atom is 0.248 e. The highest BCUT2D eigenvalue weighted by Gasteiger charge is 2.06. The van der Waals surface area contributed by atoms with Crippen LogP contribution in [0.15, 0.2) is 46.9 Å². The SMILES string of the molecule is NCCOc1cccc(Nc2ccc(C(N)=O)cc2Br)c1. The summed E-state index contributed by atoms with van der Waals surface area (Å²) in [7, 11) is 0. The van der Waals surface area contributed by atoms with Gasteiger partial charge in [0, 0.05) is 28.3 Å². The van der Waals surface area contributed by atoms with Gasteiger partial charge in [-0.15, -0.1) is 0 Å². The van der Waals surface area contributed by atoms with Crippen LogP contribution in [0.25, 0.3) is 0 Å². The maximum atomic E-state index is 11.1. The van der Waals surface area contributed by atoms with Crippen molar-refractivity contribution in [2.45, 2.75) is 0 Å². The molecule has 6 heteroatoms. The van der Waals surface area contributed by atoms with Crippen molar-refractivity contribution in [2.75, 3.05) is 18.5 Å². The van der Waals surface area contributed by atoms with E-state index in [9.17, 15) is 4.79 Å². The molecule has 0 aliphatic heterocycles. The molecular formula is C15H16BrN3O2. The summed E-state index contributed by atoms with van der Waals surface area (Å²) in [6, 6.07) is 12.7. The second kappa shape index (κ2) is 7.10. The molecule has 0 aromatic heterocycles. The van der Waals surface area contributed by atoms with Gasteiger partial charge in [0.25, 0.3) is 0 Å². The fraction of sp³-hybridized carbons (Fsp3) is 0.133. The molecule has 0 fully saturated rings. The molecule has 0 heterocycles. The Kier molecular flexibility index (Phi) is 5.19. The third kappa shape index (κ3) is 4.21. The van der Waals surface area contributed by atoms with E-state index < -0.39 is 5.91 Å². The van der Waals surface area contributed by atoms with Gasteiger partial charge >= 0.3 is 0 Å². The highest BCUT2D eigenvalue weighted by Crippen LogP contribution is 2.28. The number of rotatable bonds is 6.